The third kappa shape index (κ3) is 1.96. The van der Waals surface area contributed by atoms with E-state index < -0.39 is 5.54 Å². The molecule has 4 nitrogen and oxygen atoms in total. The Hall–Kier alpha value is -0.710. The SMILES string of the molecule is CCCC1(C(=O)OC)CSC(=O)N1. The molecule has 5 heteroatoms. The van der Waals surface area contributed by atoms with Crippen molar-refractivity contribution in [2.75, 3.05) is 12.9 Å². The quantitative estimate of drug-likeness (QED) is 0.699. The zero-order chi connectivity index (χ0) is 9.90. The summed E-state index contributed by atoms with van der Waals surface area (Å²) in [5, 5.41) is 2.53. The van der Waals surface area contributed by atoms with Crippen LogP contribution >= 0.6 is 11.8 Å². The van der Waals surface area contributed by atoms with E-state index in [9.17, 15) is 9.59 Å². The van der Waals surface area contributed by atoms with Crippen LogP contribution in [-0.2, 0) is 9.53 Å². The Kier molecular flexibility index (Phi) is 3.19. The van der Waals surface area contributed by atoms with Crippen LogP contribution in [0.15, 0.2) is 0 Å². The molecule has 0 aliphatic carbocycles. The third-order valence-corrected chi connectivity index (χ3v) is 3.05. The number of amides is 1. The fourth-order valence-electron chi connectivity index (χ4n) is 1.43. The molecular weight excluding hydrogens is 190 g/mol. The lowest BCUT2D eigenvalue weighted by Crippen LogP contribution is -2.51. The van der Waals surface area contributed by atoms with Crippen LogP contribution < -0.4 is 5.32 Å². The van der Waals surface area contributed by atoms with Gasteiger partial charge >= 0.3 is 5.97 Å². The van der Waals surface area contributed by atoms with Crippen LogP contribution in [-0.4, -0.2) is 29.6 Å². The second-order valence-corrected chi connectivity index (χ2v) is 3.97. The number of hydrogen-bond donors (Lipinski definition) is 1. The Morgan fingerprint density at radius 3 is 2.85 bits per heavy atom. The molecule has 1 heterocycles. The molecule has 1 aliphatic heterocycles. The molecule has 1 rings (SSSR count). The highest BCUT2D eigenvalue weighted by atomic mass is 32.2. The van der Waals surface area contributed by atoms with Crippen molar-refractivity contribution in [3.8, 4) is 0 Å². The summed E-state index contributed by atoms with van der Waals surface area (Å²) >= 11 is 1.14. The van der Waals surface area contributed by atoms with Gasteiger partial charge in [0.2, 0.25) is 0 Å². The van der Waals surface area contributed by atoms with Gasteiger partial charge < -0.3 is 10.1 Å². The fraction of sp³-hybridized carbons (Fsp3) is 0.750. The van der Waals surface area contributed by atoms with E-state index in [2.05, 4.69) is 10.1 Å². The summed E-state index contributed by atoms with van der Waals surface area (Å²) in [6, 6.07) is 0. The predicted molar refractivity (Wildman–Crippen MR) is 50.6 cm³/mol. The van der Waals surface area contributed by atoms with Crippen molar-refractivity contribution >= 4 is 23.0 Å². The average Bonchev–Trinajstić information content (AvgIpc) is 2.48. The zero-order valence-electron chi connectivity index (χ0n) is 7.75. The Labute approximate surface area is 81.4 Å². The number of carbonyl (C=O) groups excluding carboxylic acids is 2. The van der Waals surface area contributed by atoms with Gasteiger partial charge in [-0.1, -0.05) is 25.1 Å². The lowest BCUT2D eigenvalue weighted by Gasteiger charge is -2.24. The largest absolute Gasteiger partial charge is 0.467 e. The molecule has 1 amide bonds. The minimum Gasteiger partial charge on any atom is -0.467 e. The van der Waals surface area contributed by atoms with Gasteiger partial charge in [-0.05, 0) is 6.42 Å². The predicted octanol–water partition coefficient (Wildman–Crippen LogP) is 1.15. The molecule has 0 aromatic heterocycles. The number of esters is 1. The van der Waals surface area contributed by atoms with Gasteiger partial charge in [-0.2, -0.15) is 0 Å². The summed E-state index contributed by atoms with van der Waals surface area (Å²) in [6.07, 6.45) is 1.48. The van der Waals surface area contributed by atoms with Crippen molar-refractivity contribution in [2.24, 2.45) is 0 Å². The highest BCUT2D eigenvalue weighted by Gasteiger charge is 2.45. The molecule has 1 aliphatic rings. The summed E-state index contributed by atoms with van der Waals surface area (Å²) in [5.74, 6) is 0.138. The van der Waals surface area contributed by atoms with Crippen LogP contribution in [0.5, 0.6) is 0 Å². The standard InChI is InChI=1S/C8H13NO3S/c1-3-4-8(6(10)12-2)5-13-7(11)9-8/h3-5H2,1-2H3,(H,9,11). The van der Waals surface area contributed by atoms with Crippen LogP contribution in [0, 0.1) is 0 Å². The molecule has 0 radical (unpaired) electrons. The third-order valence-electron chi connectivity index (χ3n) is 2.04. The van der Waals surface area contributed by atoms with E-state index in [1.807, 2.05) is 6.92 Å². The lowest BCUT2D eigenvalue weighted by molar-refractivity contribution is -0.147. The summed E-state index contributed by atoms with van der Waals surface area (Å²) in [4.78, 5) is 22.4. The van der Waals surface area contributed by atoms with Gasteiger partial charge in [-0.3, -0.25) is 4.79 Å². The van der Waals surface area contributed by atoms with Crippen LogP contribution in [0.25, 0.3) is 0 Å². The minimum absolute atomic E-state index is 0.140. The maximum atomic E-state index is 11.4. The second kappa shape index (κ2) is 4.00. The summed E-state index contributed by atoms with van der Waals surface area (Å²) in [7, 11) is 1.34. The molecule has 0 spiro atoms. The minimum atomic E-state index is -0.773. The monoisotopic (exact) mass is 203 g/mol. The molecule has 1 atom stereocenters. The number of methoxy groups -OCH3 is 1. The molecule has 1 saturated heterocycles. The average molecular weight is 203 g/mol. The molecular formula is C8H13NO3S. The number of ether oxygens (including phenoxy) is 1. The molecule has 0 aromatic rings. The lowest BCUT2D eigenvalue weighted by atomic mass is 9.96. The number of carbonyl (C=O) groups is 2. The Morgan fingerprint density at radius 2 is 2.46 bits per heavy atom. The van der Waals surface area contributed by atoms with E-state index in [1.165, 1.54) is 7.11 Å². The molecule has 1 N–H and O–H groups in total. The van der Waals surface area contributed by atoms with E-state index in [0.717, 1.165) is 18.2 Å². The second-order valence-electron chi connectivity index (χ2n) is 3.02. The molecule has 0 bridgehead atoms. The number of rotatable bonds is 3. The van der Waals surface area contributed by atoms with E-state index in [1.54, 1.807) is 0 Å². The number of hydrogen-bond acceptors (Lipinski definition) is 4. The van der Waals surface area contributed by atoms with Gasteiger partial charge in [-0.25, -0.2) is 4.79 Å². The van der Waals surface area contributed by atoms with Gasteiger partial charge in [0.1, 0.15) is 5.54 Å². The first-order valence-electron chi connectivity index (χ1n) is 4.18. The Balaban J connectivity index is 2.76. The van der Waals surface area contributed by atoms with Crippen molar-refractivity contribution in [1.82, 2.24) is 5.32 Å². The molecule has 0 saturated carbocycles. The molecule has 0 aromatic carbocycles. The van der Waals surface area contributed by atoms with Crippen molar-refractivity contribution in [3.63, 3.8) is 0 Å². The summed E-state index contributed by atoms with van der Waals surface area (Å²) < 4.78 is 4.67. The highest BCUT2D eigenvalue weighted by Crippen LogP contribution is 2.28. The van der Waals surface area contributed by atoms with Crippen molar-refractivity contribution in [2.45, 2.75) is 25.3 Å². The summed E-state index contributed by atoms with van der Waals surface area (Å²) in [6.45, 7) is 1.97. The molecule has 1 fully saturated rings. The van der Waals surface area contributed by atoms with Gasteiger partial charge in [0.05, 0.1) is 7.11 Å². The van der Waals surface area contributed by atoms with E-state index in [0.29, 0.717) is 12.2 Å². The van der Waals surface area contributed by atoms with Crippen LogP contribution in [0.4, 0.5) is 4.79 Å². The van der Waals surface area contributed by atoms with E-state index in [4.69, 9.17) is 0 Å². The molecule has 13 heavy (non-hydrogen) atoms. The van der Waals surface area contributed by atoms with Crippen molar-refractivity contribution in [1.29, 1.82) is 0 Å². The Bertz CT molecular complexity index is 231. The van der Waals surface area contributed by atoms with Crippen molar-refractivity contribution < 1.29 is 14.3 Å². The normalized spacial score (nSPS) is 27.1. The van der Waals surface area contributed by atoms with Crippen LogP contribution in [0.3, 0.4) is 0 Å². The first kappa shape index (κ1) is 10.4. The first-order valence-corrected chi connectivity index (χ1v) is 5.16. The number of thioether (sulfide) groups is 1. The van der Waals surface area contributed by atoms with Gasteiger partial charge in [0, 0.05) is 5.75 Å². The number of nitrogens with one attached hydrogen (secondary N) is 1. The smallest absolute Gasteiger partial charge is 0.332 e. The van der Waals surface area contributed by atoms with Crippen molar-refractivity contribution in [3.05, 3.63) is 0 Å². The van der Waals surface area contributed by atoms with E-state index in [-0.39, 0.29) is 11.2 Å². The van der Waals surface area contributed by atoms with Gasteiger partial charge in [0.15, 0.2) is 0 Å². The van der Waals surface area contributed by atoms with Gasteiger partial charge in [-0.15, -0.1) is 0 Å². The fourth-order valence-corrected chi connectivity index (χ4v) is 2.40. The summed E-state index contributed by atoms with van der Waals surface area (Å²) in [5.41, 5.74) is -0.773. The van der Waals surface area contributed by atoms with E-state index >= 15 is 0 Å². The zero-order valence-corrected chi connectivity index (χ0v) is 8.57. The van der Waals surface area contributed by atoms with Gasteiger partial charge in [0.25, 0.3) is 5.24 Å². The van der Waals surface area contributed by atoms with Crippen LogP contribution in [0.2, 0.25) is 0 Å². The van der Waals surface area contributed by atoms with Crippen LogP contribution in [0.1, 0.15) is 19.8 Å². The highest BCUT2D eigenvalue weighted by molar-refractivity contribution is 8.14. The molecule has 74 valence electrons. The molecule has 1 unspecified atom stereocenters. The topological polar surface area (TPSA) is 55.4 Å². The maximum Gasteiger partial charge on any atom is 0.332 e. The first-order chi connectivity index (χ1) is 6.14. The maximum absolute atomic E-state index is 11.4. The Morgan fingerprint density at radius 1 is 1.77 bits per heavy atom.